The third-order valence-electron chi connectivity index (χ3n) is 10.1. The molecule has 0 aliphatic heterocycles. The molecule has 3 aromatic carbocycles. The normalized spacial score (nSPS) is 22.7. The molecule has 2 fully saturated rings. The number of benzene rings is 3. The van der Waals surface area contributed by atoms with Crippen LogP contribution in [0.25, 0.3) is 5.57 Å². The van der Waals surface area contributed by atoms with Crippen LogP contribution in [0.4, 0.5) is 0 Å². The number of aryl methyl sites for hydroxylation is 1. The van der Waals surface area contributed by atoms with Crippen LogP contribution < -0.4 is 0 Å². The van der Waals surface area contributed by atoms with Gasteiger partial charge in [-0.3, -0.25) is 0 Å². The van der Waals surface area contributed by atoms with Crippen LogP contribution in [0, 0.1) is 30.1 Å². The summed E-state index contributed by atoms with van der Waals surface area (Å²) in [5.41, 5.74) is 11.3. The van der Waals surface area contributed by atoms with E-state index < -0.39 is 0 Å². The van der Waals surface area contributed by atoms with Crippen LogP contribution >= 0.6 is 0 Å². The van der Waals surface area contributed by atoms with Crippen LogP contribution in [0.1, 0.15) is 91.5 Å². The van der Waals surface area contributed by atoms with E-state index >= 15 is 0 Å². The minimum Gasteiger partial charge on any atom is -0.115 e. The van der Waals surface area contributed by atoms with Crippen molar-refractivity contribution in [2.75, 3.05) is 0 Å². The quantitative estimate of drug-likeness (QED) is 0.188. The van der Waals surface area contributed by atoms with Crippen molar-refractivity contribution >= 4 is 5.57 Å². The monoisotopic (exact) mass is 536 g/mol. The topological polar surface area (TPSA) is 0 Å². The molecular weight excluding hydrogens is 492 g/mol. The highest BCUT2D eigenvalue weighted by atomic mass is 14.4. The molecule has 2 atom stereocenters. The third kappa shape index (κ3) is 6.52. The molecule has 208 valence electrons. The lowest BCUT2D eigenvalue weighted by atomic mass is 9.69. The van der Waals surface area contributed by atoms with Gasteiger partial charge in [0.25, 0.3) is 0 Å². The van der Waals surface area contributed by atoms with Gasteiger partial charge in [0.05, 0.1) is 0 Å². The minimum absolute atomic E-state index is 0.433. The second kappa shape index (κ2) is 13.0. The van der Waals surface area contributed by atoms with Crippen molar-refractivity contribution in [3.63, 3.8) is 0 Å². The molecule has 0 amide bonds. The summed E-state index contributed by atoms with van der Waals surface area (Å²) in [7, 11) is 0. The molecule has 6 rings (SSSR count). The van der Waals surface area contributed by atoms with Crippen molar-refractivity contribution in [1.29, 1.82) is 0 Å². The number of hydrogen-bond donors (Lipinski definition) is 0. The summed E-state index contributed by atoms with van der Waals surface area (Å²) in [4.78, 5) is 0. The Balaban J connectivity index is 1.17. The Morgan fingerprint density at radius 2 is 1.59 bits per heavy atom. The van der Waals surface area contributed by atoms with Gasteiger partial charge < -0.3 is 0 Å². The highest BCUT2D eigenvalue weighted by molar-refractivity contribution is 5.80. The second-order valence-corrected chi connectivity index (χ2v) is 12.7. The van der Waals surface area contributed by atoms with Crippen molar-refractivity contribution in [2.45, 2.75) is 76.5 Å². The van der Waals surface area contributed by atoms with E-state index in [0.717, 1.165) is 30.7 Å². The average molecular weight is 537 g/mol. The highest BCUT2D eigenvalue weighted by Gasteiger charge is 2.31. The Morgan fingerprint density at radius 3 is 2.32 bits per heavy atom. The van der Waals surface area contributed by atoms with Gasteiger partial charge in [-0.25, -0.2) is 0 Å². The SMILES string of the molecule is C#Cc1ccc(CC2CCC(C(C(=C)CCc3ccccc3)c3ccc(C4=C5CCCCC5C=C4)cc3)CC2)cc1. The zero-order valence-electron chi connectivity index (χ0n) is 24.5. The Hall–Kier alpha value is -3.56. The van der Waals surface area contributed by atoms with Gasteiger partial charge in [-0.2, -0.15) is 0 Å². The van der Waals surface area contributed by atoms with Gasteiger partial charge in [0.15, 0.2) is 0 Å². The predicted molar refractivity (Wildman–Crippen MR) is 175 cm³/mol. The molecule has 0 N–H and O–H groups in total. The second-order valence-electron chi connectivity index (χ2n) is 12.7. The Kier molecular flexibility index (Phi) is 8.72. The maximum atomic E-state index is 5.56. The molecule has 0 saturated heterocycles. The summed E-state index contributed by atoms with van der Waals surface area (Å²) in [6.07, 6.45) is 24.2. The van der Waals surface area contributed by atoms with E-state index in [1.165, 1.54) is 84.8 Å². The fourth-order valence-electron chi connectivity index (χ4n) is 7.80. The molecule has 3 aromatic rings. The summed E-state index contributed by atoms with van der Waals surface area (Å²) in [6, 6.07) is 29.2. The van der Waals surface area contributed by atoms with Crippen molar-refractivity contribution in [2.24, 2.45) is 17.8 Å². The van der Waals surface area contributed by atoms with Crippen LogP contribution in [0.5, 0.6) is 0 Å². The third-order valence-corrected chi connectivity index (χ3v) is 10.1. The standard InChI is InChI=1S/C41H44/c1-3-31-15-17-33(18-16-31)29-34-19-21-37(22-20-34)41(30(2)13-14-32-9-5-4-6-10-32)38-25-23-36(24-26-38)40-28-27-35-11-7-8-12-39(35)40/h1,4-6,9-10,15-18,23-28,34-35,37,41H,2,7-8,11-14,19-22,29H2. The molecule has 3 aliphatic rings. The Labute approximate surface area is 248 Å². The fourth-order valence-corrected chi connectivity index (χ4v) is 7.80. The number of hydrogen-bond acceptors (Lipinski definition) is 0. The maximum Gasteiger partial charge on any atom is 0.0242 e. The van der Waals surface area contributed by atoms with Gasteiger partial charge in [0.2, 0.25) is 0 Å². The summed E-state index contributed by atoms with van der Waals surface area (Å²) < 4.78 is 0. The highest BCUT2D eigenvalue weighted by Crippen LogP contribution is 2.45. The van der Waals surface area contributed by atoms with Gasteiger partial charge in [-0.15, -0.1) is 6.42 Å². The minimum atomic E-state index is 0.433. The lowest BCUT2D eigenvalue weighted by Gasteiger charge is -2.36. The molecule has 0 radical (unpaired) electrons. The van der Waals surface area contributed by atoms with Gasteiger partial charge in [-0.1, -0.05) is 109 Å². The smallest absolute Gasteiger partial charge is 0.0242 e. The van der Waals surface area contributed by atoms with E-state index in [-0.39, 0.29) is 0 Å². The van der Waals surface area contributed by atoms with Gasteiger partial charge in [0.1, 0.15) is 0 Å². The summed E-state index contributed by atoms with van der Waals surface area (Å²) in [6.45, 7) is 4.74. The van der Waals surface area contributed by atoms with Crippen molar-refractivity contribution in [1.82, 2.24) is 0 Å². The first-order chi connectivity index (χ1) is 20.2. The largest absolute Gasteiger partial charge is 0.115 e. The zero-order valence-corrected chi connectivity index (χ0v) is 24.5. The number of rotatable bonds is 9. The van der Waals surface area contributed by atoms with Crippen molar-refractivity contribution in [3.8, 4) is 12.3 Å². The van der Waals surface area contributed by atoms with Crippen LogP contribution in [-0.4, -0.2) is 0 Å². The maximum absolute atomic E-state index is 5.56. The molecule has 0 heterocycles. The number of allylic oxidation sites excluding steroid dienone is 5. The first-order valence-corrected chi connectivity index (χ1v) is 16.0. The van der Waals surface area contributed by atoms with Crippen LogP contribution in [0.3, 0.4) is 0 Å². The lowest BCUT2D eigenvalue weighted by Crippen LogP contribution is -2.23. The van der Waals surface area contributed by atoms with E-state index in [0.29, 0.717) is 17.8 Å². The Bertz CT molecular complexity index is 1420. The molecule has 41 heavy (non-hydrogen) atoms. The number of fused-ring (bicyclic) bond motifs is 1. The molecule has 0 nitrogen and oxygen atoms in total. The number of terminal acetylenes is 1. The van der Waals surface area contributed by atoms with E-state index in [4.69, 9.17) is 13.0 Å². The lowest BCUT2D eigenvalue weighted by molar-refractivity contribution is 0.252. The summed E-state index contributed by atoms with van der Waals surface area (Å²) in [5, 5.41) is 0. The van der Waals surface area contributed by atoms with E-state index in [1.807, 2.05) is 0 Å². The molecule has 0 heteroatoms. The van der Waals surface area contributed by atoms with Crippen LogP contribution in [-0.2, 0) is 12.8 Å². The Morgan fingerprint density at radius 1 is 0.829 bits per heavy atom. The molecule has 0 aromatic heterocycles. The molecular formula is C41H44. The molecule has 2 saturated carbocycles. The van der Waals surface area contributed by atoms with E-state index in [9.17, 15) is 0 Å². The van der Waals surface area contributed by atoms with Gasteiger partial charge in [-0.05, 0) is 122 Å². The first-order valence-electron chi connectivity index (χ1n) is 16.0. The van der Waals surface area contributed by atoms with E-state index in [1.54, 1.807) is 5.57 Å². The van der Waals surface area contributed by atoms with Crippen molar-refractivity contribution < 1.29 is 0 Å². The molecule has 0 bridgehead atoms. The van der Waals surface area contributed by atoms with Crippen LogP contribution in [0.2, 0.25) is 0 Å². The van der Waals surface area contributed by atoms with Gasteiger partial charge >= 0.3 is 0 Å². The fraction of sp³-hybridized carbons (Fsp3) is 0.366. The molecule has 3 aliphatic carbocycles. The van der Waals surface area contributed by atoms with Crippen LogP contribution in [0.15, 0.2) is 109 Å². The molecule has 2 unspecified atom stereocenters. The average Bonchev–Trinajstić information content (AvgIpc) is 3.47. The zero-order chi connectivity index (χ0) is 28.0. The predicted octanol–water partition coefficient (Wildman–Crippen LogP) is 10.5. The van der Waals surface area contributed by atoms with Crippen molar-refractivity contribution in [3.05, 3.63) is 137 Å². The van der Waals surface area contributed by atoms with Gasteiger partial charge in [0, 0.05) is 11.5 Å². The summed E-state index contributed by atoms with van der Waals surface area (Å²) >= 11 is 0. The van der Waals surface area contributed by atoms with E-state index in [2.05, 4.69) is 96.9 Å². The first kappa shape index (κ1) is 27.6. The summed E-state index contributed by atoms with van der Waals surface area (Å²) in [5.74, 6) is 5.29. The molecule has 0 spiro atoms.